The Morgan fingerprint density at radius 2 is 1.94 bits per heavy atom. The molecule has 0 spiro atoms. The molecule has 1 aromatic heterocycles. The maximum atomic E-state index is 13.2. The summed E-state index contributed by atoms with van der Waals surface area (Å²) >= 11 is 4.06. The Balaban J connectivity index is 2.44. The Kier molecular flexibility index (Phi) is 4.41. The lowest BCUT2D eigenvalue weighted by atomic mass is 10.1. The van der Waals surface area contributed by atoms with Gasteiger partial charge in [0, 0.05) is 19.4 Å². The second-order valence-corrected chi connectivity index (χ2v) is 6.35. The second-order valence-electron chi connectivity index (χ2n) is 3.94. The van der Waals surface area contributed by atoms with Crippen molar-refractivity contribution in [1.29, 1.82) is 0 Å². The van der Waals surface area contributed by atoms with Gasteiger partial charge in [0.05, 0.1) is 6.04 Å². The largest absolute Gasteiger partial charge is 0.308 e. The van der Waals surface area contributed by atoms with Gasteiger partial charge < -0.3 is 4.57 Å². The van der Waals surface area contributed by atoms with E-state index in [4.69, 9.17) is 0 Å². The highest BCUT2D eigenvalue weighted by Gasteiger charge is 2.11. The summed E-state index contributed by atoms with van der Waals surface area (Å²) in [6.07, 6.45) is 1.77. The van der Waals surface area contributed by atoms with Crippen molar-refractivity contribution in [1.82, 2.24) is 4.57 Å². The van der Waals surface area contributed by atoms with Crippen molar-refractivity contribution in [3.05, 3.63) is 65.4 Å². The number of pyridine rings is 1. The Labute approximate surface area is 131 Å². The molecule has 18 heavy (non-hydrogen) atoms. The van der Waals surface area contributed by atoms with E-state index in [-0.39, 0.29) is 17.4 Å². The van der Waals surface area contributed by atoms with Gasteiger partial charge in [-0.15, -0.1) is 0 Å². The molecule has 94 valence electrons. The van der Waals surface area contributed by atoms with E-state index in [1.807, 2.05) is 35.6 Å². The fourth-order valence-corrected chi connectivity index (χ4v) is 2.68. The predicted molar refractivity (Wildman–Crippen MR) is 86.3 cm³/mol. The summed E-state index contributed by atoms with van der Waals surface area (Å²) in [5, 5.41) is 0. The molecule has 5 heteroatoms. The van der Waals surface area contributed by atoms with Crippen molar-refractivity contribution in [2.45, 2.75) is 13.0 Å². The van der Waals surface area contributed by atoms with Crippen LogP contribution in [0.25, 0.3) is 0 Å². The minimum atomic E-state index is -0.235. The third-order valence-corrected chi connectivity index (χ3v) is 4.25. The molecular formula is C13H10FI2NO. The van der Waals surface area contributed by atoms with Gasteiger partial charge in [-0.2, -0.15) is 0 Å². The van der Waals surface area contributed by atoms with E-state index < -0.39 is 0 Å². The highest BCUT2D eigenvalue weighted by Crippen LogP contribution is 2.20. The zero-order valence-corrected chi connectivity index (χ0v) is 13.8. The molecule has 0 aliphatic carbocycles. The standard InChI is InChI=1S/C13H10FI2NO/c1-8(9-2-3-11(14)12(16)6-9)17-5-4-10(15)7-13(17)18/h2-8H,1H3. The first-order valence-corrected chi connectivity index (χ1v) is 7.47. The molecule has 0 amide bonds. The molecule has 2 aromatic rings. The van der Waals surface area contributed by atoms with Gasteiger partial charge in [-0.25, -0.2) is 4.39 Å². The van der Waals surface area contributed by atoms with Gasteiger partial charge in [-0.1, -0.05) is 6.07 Å². The van der Waals surface area contributed by atoms with Gasteiger partial charge in [0.1, 0.15) is 5.82 Å². The molecule has 1 heterocycles. The van der Waals surface area contributed by atoms with E-state index in [2.05, 4.69) is 22.6 Å². The van der Waals surface area contributed by atoms with Gasteiger partial charge in [-0.3, -0.25) is 4.79 Å². The molecule has 2 rings (SSSR count). The summed E-state index contributed by atoms with van der Waals surface area (Å²) in [5.74, 6) is -0.235. The Morgan fingerprint density at radius 3 is 2.56 bits per heavy atom. The lowest BCUT2D eigenvalue weighted by Crippen LogP contribution is -2.22. The van der Waals surface area contributed by atoms with Crippen molar-refractivity contribution in [3.63, 3.8) is 0 Å². The summed E-state index contributed by atoms with van der Waals surface area (Å²) in [6, 6.07) is 8.28. The Morgan fingerprint density at radius 1 is 1.22 bits per heavy atom. The van der Waals surface area contributed by atoms with Gasteiger partial charge in [0.25, 0.3) is 5.56 Å². The Bertz CT molecular complexity index is 639. The first-order valence-electron chi connectivity index (χ1n) is 5.31. The molecule has 1 unspecified atom stereocenters. The minimum Gasteiger partial charge on any atom is -0.308 e. The van der Waals surface area contributed by atoms with E-state index >= 15 is 0 Å². The molecule has 1 atom stereocenters. The maximum absolute atomic E-state index is 13.2. The molecule has 2 nitrogen and oxygen atoms in total. The molecule has 0 bridgehead atoms. The second kappa shape index (κ2) is 5.68. The summed E-state index contributed by atoms with van der Waals surface area (Å²) in [7, 11) is 0. The molecule has 1 aromatic carbocycles. The molecule has 0 fully saturated rings. The predicted octanol–water partition coefficient (Wildman–Crippen LogP) is 3.81. The molecule has 0 aliphatic heterocycles. The minimum absolute atomic E-state index is 0.0475. The van der Waals surface area contributed by atoms with E-state index in [0.29, 0.717) is 3.57 Å². The van der Waals surface area contributed by atoms with Crippen molar-refractivity contribution in [3.8, 4) is 0 Å². The molecular weight excluding hydrogens is 459 g/mol. The van der Waals surface area contributed by atoms with Crippen LogP contribution < -0.4 is 5.56 Å². The van der Waals surface area contributed by atoms with Crippen molar-refractivity contribution < 1.29 is 4.39 Å². The zero-order valence-electron chi connectivity index (χ0n) is 9.53. The number of halogens is 3. The van der Waals surface area contributed by atoms with Crippen LogP contribution in [-0.4, -0.2) is 4.57 Å². The van der Waals surface area contributed by atoms with Gasteiger partial charge in [0.2, 0.25) is 0 Å². The normalized spacial score (nSPS) is 12.4. The van der Waals surface area contributed by atoms with E-state index in [1.54, 1.807) is 29.0 Å². The van der Waals surface area contributed by atoms with Gasteiger partial charge in [0.15, 0.2) is 0 Å². The first kappa shape index (κ1) is 14.0. The Hall–Kier alpha value is -0.440. The van der Waals surface area contributed by atoms with Crippen LogP contribution in [0.15, 0.2) is 41.3 Å². The SMILES string of the molecule is CC(c1ccc(F)c(I)c1)n1ccc(I)cc1=O. The van der Waals surface area contributed by atoms with Crippen LogP contribution in [0.4, 0.5) is 4.39 Å². The fraction of sp³-hybridized carbons (Fsp3) is 0.154. The third-order valence-electron chi connectivity index (χ3n) is 2.75. The van der Waals surface area contributed by atoms with Crippen LogP contribution in [0.3, 0.4) is 0 Å². The molecule has 0 radical (unpaired) electrons. The molecule has 0 aliphatic rings. The van der Waals surface area contributed by atoms with Gasteiger partial charge in [-0.05, 0) is 75.9 Å². The number of benzene rings is 1. The smallest absolute Gasteiger partial charge is 0.252 e. The van der Waals surface area contributed by atoms with Crippen molar-refractivity contribution >= 4 is 45.2 Å². The molecule has 0 saturated carbocycles. The average molecular weight is 469 g/mol. The zero-order chi connectivity index (χ0) is 13.3. The molecule has 0 saturated heterocycles. The van der Waals surface area contributed by atoms with Crippen LogP contribution in [0.2, 0.25) is 0 Å². The number of rotatable bonds is 2. The summed E-state index contributed by atoms with van der Waals surface area (Å²) < 4.78 is 16.3. The van der Waals surface area contributed by atoms with Crippen molar-refractivity contribution in [2.24, 2.45) is 0 Å². The van der Waals surface area contributed by atoms with Crippen LogP contribution in [0, 0.1) is 13.0 Å². The lowest BCUT2D eigenvalue weighted by molar-refractivity contribution is 0.599. The summed E-state index contributed by atoms with van der Waals surface area (Å²) in [4.78, 5) is 11.9. The summed E-state index contributed by atoms with van der Waals surface area (Å²) in [6.45, 7) is 1.93. The third kappa shape index (κ3) is 2.93. The van der Waals surface area contributed by atoms with Crippen LogP contribution in [0.1, 0.15) is 18.5 Å². The van der Waals surface area contributed by atoms with E-state index in [9.17, 15) is 9.18 Å². The number of hydrogen-bond donors (Lipinski definition) is 0. The van der Waals surface area contributed by atoms with Crippen LogP contribution >= 0.6 is 45.2 Å². The van der Waals surface area contributed by atoms with Gasteiger partial charge >= 0.3 is 0 Å². The van der Waals surface area contributed by atoms with Crippen LogP contribution in [-0.2, 0) is 0 Å². The number of hydrogen-bond acceptors (Lipinski definition) is 1. The highest BCUT2D eigenvalue weighted by atomic mass is 127. The number of aromatic nitrogens is 1. The maximum Gasteiger partial charge on any atom is 0.252 e. The highest BCUT2D eigenvalue weighted by molar-refractivity contribution is 14.1. The van der Waals surface area contributed by atoms with E-state index in [1.165, 1.54) is 6.07 Å². The van der Waals surface area contributed by atoms with Crippen LogP contribution in [0.5, 0.6) is 0 Å². The fourth-order valence-electron chi connectivity index (χ4n) is 1.72. The monoisotopic (exact) mass is 469 g/mol. The number of nitrogens with zero attached hydrogens (tertiary/aromatic N) is 1. The quantitative estimate of drug-likeness (QED) is 0.614. The first-order chi connectivity index (χ1) is 8.49. The van der Waals surface area contributed by atoms with Crippen molar-refractivity contribution in [2.75, 3.05) is 0 Å². The average Bonchev–Trinajstić information content (AvgIpc) is 2.32. The topological polar surface area (TPSA) is 22.0 Å². The summed E-state index contributed by atoms with van der Waals surface area (Å²) in [5.41, 5.74) is 0.873. The molecule has 0 N–H and O–H groups in total. The lowest BCUT2D eigenvalue weighted by Gasteiger charge is -2.16. The van der Waals surface area contributed by atoms with E-state index in [0.717, 1.165) is 9.13 Å².